The van der Waals surface area contributed by atoms with E-state index >= 15 is 0 Å². The second-order valence-electron chi connectivity index (χ2n) is 7.09. The molecule has 2 aliphatic heterocycles. The first-order valence-corrected chi connectivity index (χ1v) is 8.69. The average Bonchev–Trinajstić information content (AvgIpc) is 2.35. The fraction of sp³-hybridized carbons (Fsp3) is 1.00. The molecule has 0 spiro atoms. The maximum atomic E-state index is 3.69. The molecule has 0 saturated carbocycles. The Labute approximate surface area is 120 Å². The van der Waals surface area contributed by atoms with Gasteiger partial charge in [-0.3, -0.25) is 4.90 Å². The quantitative estimate of drug-likeness (QED) is 0.705. The molecule has 2 nitrogen and oxygen atoms in total. The molecule has 0 radical (unpaired) electrons. The summed E-state index contributed by atoms with van der Waals surface area (Å²) in [4.78, 5) is 2.87. The molecule has 112 valence electrons. The highest BCUT2D eigenvalue weighted by Crippen LogP contribution is 2.34. The van der Waals surface area contributed by atoms with Crippen LogP contribution in [0, 0.1) is 5.92 Å². The number of nitrogens with one attached hydrogen (secondary N) is 1. The lowest BCUT2D eigenvalue weighted by Crippen LogP contribution is -2.56. The van der Waals surface area contributed by atoms with Crippen molar-refractivity contribution in [3.8, 4) is 0 Å². The third kappa shape index (κ3) is 4.46. The van der Waals surface area contributed by atoms with Gasteiger partial charge in [0, 0.05) is 18.1 Å². The van der Waals surface area contributed by atoms with E-state index < -0.39 is 0 Å². The summed E-state index contributed by atoms with van der Waals surface area (Å²) < 4.78 is 0. The van der Waals surface area contributed by atoms with Crippen LogP contribution in [0.25, 0.3) is 0 Å². The number of piperidine rings is 2. The van der Waals surface area contributed by atoms with Crippen LogP contribution in [0.4, 0.5) is 0 Å². The Kier molecular flexibility index (Phi) is 6.15. The van der Waals surface area contributed by atoms with Gasteiger partial charge in [-0.25, -0.2) is 0 Å². The van der Waals surface area contributed by atoms with Crippen LogP contribution in [0.2, 0.25) is 0 Å². The van der Waals surface area contributed by atoms with E-state index in [-0.39, 0.29) is 0 Å². The predicted octanol–water partition coefficient (Wildman–Crippen LogP) is 3.81. The van der Waals surface area contributed by atoms with E-state index in [0.29, 0.717) is 0 Å². The van der Waals surface area contributed by atoms with Crippen LogP contribution in [-0.2, 0) is 0 Å². The zero-order valence-electron chi connectivity index (χ0n) is 13.3. The maximum absolute atomic E-state index is 3.69. The molecule has 0 aliphatic carbocycles. The van der Waals surface area contributed by atoms with Crippen LogP contribution in [0.15, 0.2) is 0 Å². The van der Waals surface area contributed by atoms with E-state index in [9.17, 15) is 0 Å². The number of rotatable bonds is 7. The van der Waals surface area contributed by atoms with Crippen molar-refractivity contribution in [1.82, 2.24) is 10.2 Å². The zero-order valence-corrected chi connectivity index (χ0v) is 13.3. The second-order valence-corrected chi connectivity index (χ2v) is 7.09. The van der Waals surface area contributed by atoms with Gasteiger partial charge in [-0.1, -0.05) is 40.0 Å². The fourth-order valence-corrected chi connectivity index (χ4v) is 4.15. The van der Waals surface area contributed by atoms with E-state index in [1.165, 1.54) is 57.9 Å². The first-order valence-electron chi connectivity index (χ1n) is 8.69. The predicted molar refractivity (Wildman–Crippen MR) is 83.5 cm³/mol. The second kappa shape index (κ2) is 7.64. The van der Waals surface area contributed by atoms with E-state index in [1.807, 2.05) is 0 Å². The van der Waals surface area contributed by atoms with Gasteiger partial charge in [0.1, 0.15) is 0 Å². The van der Waals surface area contributed by atoms with Crippen molar-refractivity contribution >= 4 is 0 Å². The van der Waals surface area contributed by atoms with E-state index in [1.54, 1.807) is 0 Å². The summed E-state index contributed by atoms with van der Waals surface area (Å²) in [5, 5.41) is 3.69. The third-order valence-corrected chi connectivity index (χ3v) is 5.07. The molecular weight excluding hydrogens is 232 g/mol. The normalized spacial score (nSPS) is 31.9. The molecule has 2 saturated heterocycles. The average molecular weight is 266 g/mol. The molecule has 19 heavy (non-hydrogen) atoms. The lowest BCUT2D eigenvalue weighted by molar-refractivity contribution is 0.0235. The Balaban J connectivity index is 1.77. The Morgan fingerprint density at radius 2 is 1.79 bits per heavy atom. The lowest BCUT2D eigenvalue weighted by atomic mass is 9.81. The lowest BCUT2D eigenvalue weighted by Gasteiger charge is -2.49. The summed E-state index contributed by atoms with van der Waals surface area (Å²) in [6.07, 6.45) is 11.4. The Bertz CT molecular complexity index is 238. The summed E-state index contributed by atoms with van der Waals surface area (Å²) in [7, 11) is 0. The minimum Gasteiger partial charge on any atom is -0.314 e. The monoisotopic (exact) mass is 266 g/mol. The highest BCUT2D eigenvalue weighted by molar-refractivity contribution is 4.94. The van der Waals surface area contributed by atoms with Crippen molar-refractivity contribution in [2.24, 2.45) is 5.92 Å². The maximum Gasteiger partial charge on any atom is 0.0113 e. The van der Waals surface area contributed by atoms with Gasteiger partial charge in [-0.05, 0) is 51.1 Å². The minimum atomic E-state index is 0.798. The molecule has 2 heterocycles. The van der Waals surface area contributed by atoms with Gasteiger partial charge in [-0.2, -0.15) is 0 Å². The highest BCUT2D eigenvalue weighted by Gasteiger charge is 2.37. The number of unbranched alkanes of at least 4 members (excludes halogenated alkanes) is 1. The third-order valence-electron chi connectivity index (χ3n) is 5.07. The smallest absolute Gasteiger partial charge is 0.0113 e. The Morgan fingerprint density at radius 3 is 2.37 bits per heavy atom. The van der Waals surface area contributed by atoms with Crippen molar-refractivity contribution < 1.29 is 0 Å². The van der Waals surface area contributed by atoms with Crippen molar-refractivity contribution in [3.63, 3.8) is 0 Å². The number of fused-ring (bicyclic) bond motifs is 2. The molecule has 1 N–H and O–H groups in total. The van der Waals surface area contributed by atoms with Crippen molar-refractivity contribution in [2.45, 2.75) is 90.3 Å². The van der Waals surface area contributed by atoms with Gasteiger partial charge < -0.3 is 5.32 Å². The summed E-state index contributed by atoms with van der Waals surface area (Å²) >= 11 is 0. The molecule has 0 amide bonds. The molecule has 2 heteroatoms. The summed E-state index contributed by atoms with van der Waals surface area (Å²) in [6.45, 7) is 9.43. The van der Waals surface area contributed by atoms with Crippen molar-refractivity contribution in [2.75, 3.05) is 13.1 Å². The van der Waals surface area contributed by atoms with Crippen LogP contribution in [-0.4, -0.2) is 36.1 Å². The van der Waals surface area contributed by atoms with Gasteiger partial charge in [0.05, 0.1) is 0 Å². The Morgan fingerprint density at radius 1 is 1.11 bits per heavy atom. The fourth-order valence-electron chi connectivity index (χ4n) is 4.15. The first kappa shape index (κ1) is 15.3. The van der Waals surface area contributed by atoms with Gasteiger partial charge in [0.25, 0.3) is 0 Å². The molecular formula is C17H34N2. The van der Waals surface area contributed by atoms with Crippen LogP contribution in [0.1, 0.15) is 72.1 Å². The van der Waals surface area contributed by atoms with Crippen LogP contribution >= 0.6 is 0 Å². The van der Waals surface area contributed by atoms with Crippen LogP contribution in [0.3, 0.4) is 0 Å². The number of nitrogens with zero attached hydrogens (tertiary/aromatic N) is 1. The molecule has 2 atom stereocenters. The van der Waals surface area contributed by atoms with Crippen molar-refractivity contribution in [1.29, 1.82) is 0 Å². The van der Waals surface area contributed by atoms with Crippen molar-refractivity contribution in [3.05, 3.63) is 0 Å². The SMILES string of the molecule is CCNC1CC2CCCC(C1)N2CCCCC(C)C. The van der Waals surface area contributed by atoms with E-state index in [2.05, 4.69) is 31.0 Å². The van der Waals surface area contributed by atoms with Crippen LogP contribution < -0.4 is 5.32 Å². The van der Waals surface area contributed by atoms with E-state index in [0.717, 1.165) is 30.6 Å². The molecule has 0 aromatic rings. The molecule has 2 unspecified atom stereocenters. The zero-order chi connectivity index (χ0) is 13.7. The topological polar surface area (TPSA) is 15.3 Å². The molecule has 2 aliphatic rings. The number of hydrogen-bond acceptors (Lipinski definition) is 2. The summed E-state index contributed by atoms with van der Waals surface area (Å²) in [6, 6.07) is 2.57. The minimum absolute atomic E-state index is 0.798. The van der Waals surface area contributed by atoms with Gasteiger partial charge in [0.2, 0.25) is 0 Å². The molecule has 2 bridgehead atoms. The van der Waals surface area contributed by atoms with Gasteiger partial charge in [0.15, 0.2) is 0 Å². The molecule has 0 aromatic carbocycles. The summed E-state index contributed by atoms with van der Waals surface area (Å²) in [5.41, 5.74) is 0. The standard InChI is InChI=1S/C17H34N2/c1-4-18-15-12-16-9-7-10-17(13-15)19(16)11-6-5-8-14(2)3/h14-18H,4-13H2,1-3H3. The van der Waals surface area contributed by atoms with Gasteiger partial charge >= 0.3 is 0 Å². The molecule has 2 rings (SSSR count). The Hall–Kier alpha value is -0.0800. The first-order chi connectivity index (χ1) is 9.20. The molecule has 2 fully saturated rings. The van der Waals surface area contributed by atoms with Crippen LogP contribution in [0.5, 0.6) is 0 Å². The highest BCUT2D eigenvalue weighted by atomic mass is 15.2. The number of hydrogen-bond donors (Lipinski definition) is 1. The molecule has 0 aromatic heterocycles. The summed E-state index contributed by atoms with van der Waals surface area (Å²) in [5.74, 6) is 0.874. The van der Waals surface area contributed by atoms with E-state index in [4.69, 9.17) is 0 Å². The largest absolute Gasteiger partial charge is 0.314 e. The van der Waals surface area contributed by atoms with Gasteiger partial charge in [-0.15, -0.1) is 0 Å².